The summed E-state index contributed by atoms with van der Waals surface area (Å²) in [5, 5.41) is 18.4. The molecule has 0 spiro atoms. The number of fused-ring (bicyclic) bond motifs is 1. The first-order valence-corrected chi connectivity index (χ1v) is 9.48. The molecule has 0 aromatic heterocycles. The highest BCUT2D eigenvalue weighted by atomic mass is 16.7. The van der Waals surface area contributed by atoms with Crippen molar-refractivity contribution in [2.24, 2.45) is 11.8 Å². The number of hydrogen-bond donors (Lipinski definition) is 2. The topological polar surface area (TPSA) is 102 Å². The first-order chi connectivity index (χ1) is 12.0. The van der Waals surface area contributed by atoms with E-state index in [4.69, 9.17) is 19.3 Å². The molecule has 0 amide bonds. The van der Waals surface area contributed by atoms with Crippen LogP contribution in [0.15, 0.2) is 0 Å². The largest absolute Gasteiger partial charge is 0.508 e. The average Bonchev–Trinajstić information content (AvgIpc) is 2.57. The molecular formula is C18H28O7. The van der Waals surface area contributed by atoms with Gasteiger partial charge in [-0.1, -0.05) is 0 Å². The zero-order chi connectivity index (χ0) is 17.8. The van der Waals surface area contributed by atoms with E-state index in [0.717, 1.165) is 38.5 Å². The van der Waals surface area contributed by atoms with Crippen molar-refractivity contribution < 1.29 is 34.0 Å². The van der Waals surface area contributed by atoms with E-state index >= 15 is 0 Å². The summed E-state index contributed by atoms with van der Waals surface area (Å²) in [5.74, 6) is 0.272. The van der Waals surface area contributed by atoms with E-state index in [-0.39, 0.29) is 36.3 Å². The highest BCUT2D eigenvalue weighted by Crippen LogP contribution is 2.43. The number of carbonyl (C=O) groups is 2. The Hall–Kier alpha value is -1.50. The molecule has 3 fully saturated rings. The molecule has 7 nitrogen and oxygen atoms in total. The molecule has 0 aromatic carbocycles. The molecule has 0 saturated heterocycles. The van der Waals surface area contributed by atoms with Gasteiger partial charge in [-0.2, -0.15) is 0 Å². The number of rotatable bonds is 3. The monoisotopic (exact) mass is 356 g/mol. The Morgan fingerprint density at radius 1 is 0.720 bits per heavy atom. The number of carbonyl (C=O) groups excluding carboxylic acids is 1. The van der Waals surface area contributed by atoms with Crippen molar-refractivity contribution >= 4 is 12.3 Å². The fourth-order valence-electron chi connectivity index (χ4n) is 4.76. The Balaban J connectivity index is 1.53. The van der Waals surface area contributed by atoms with Crippen LogP contribution in [0.4, 0.5) is 9.59 Å². The molecule has 3 saturated carbocycles. The molecule has 25 heavy (non-hydrogen) atoms. The predicted octanol–water partition coefficient (Wildman–Crippen LogP) is 3.48. The van der Waals surface area contributed by atoms with Crippen LogP contribution in [0.25, 0.3) is 0 Å². The van der Waals surface area contributed by atoms with Crippen LogP contribution in [0.3, 0.4) is 0 Å². The van der Waals surface area contributed by atoms with Crippen molar-refractivity contribution in [3.05, 3.63) is 0 Å². The summed E-state index contributed by atoms with van der Waals surface area (Å²) in [4.78, 5) is 23.1. The van der Waals surface area contributed by atoms with E-state index in [0.29, 0.717) is 25.7 Å². The van der Waals surface area contributed by atoms with Crippen LogP contribution < -0.4 is 0 Å². The van der Waals surface area contributed by atoms with E-state index in [1.54, 1.807) is 0 Å². The second kappa shape index (κ2) is 8.25. The molecule has 3 rings (SSSR count). The minimum absolute atomic E-state index is 0.126. The second-order valence-electron chi connectivity index (χ2n) is 7.57. The molecule has 7 heteroatoms. The van der Waals surface area contributed by atoms with E-state index in [2.05, 4.69) is 0 Å². The van der Waals surface area contributed by atoms with Crippen molar-refractivity contribution in [3.8, 4) is 0 Å². The summed E-state index contributed by atoms with van der Waals surface area (Å²) in [5.41, 5.74) is 0. The fourth-order valence-corrected chi connectivity index (χ4v) is 4.76. The lowest BCUT2D eigenvalue weighted by Crippen LogP contribution is -2.45. The molecule has 0 radical (unpaired) electrons. The van der Waals surface area contributed by atoms with Crippen molar-refractivity contribution in [2.45, 2.75) is 88.6 Å². The molecule has 0 aliphatic heterocycles. The van der Waals surface area contributed by atoms with Crippen LogP contribution in [0, 0.1) is 11.8 Å². The zero-order valence-corrected chi connectivity index (χ0v) is 14.5. The highest BCUT2D eigenvalue weighted by molar-refractivity contribution is 5.60. The Kier molecular flexibility index (Phi) is 6.04. The summed E-state index contributed by atoms with van der Waals surface area (Å²) in [6.07, 6.45) is 4.96. The molecule has 2 N–H and O–H groups in total. The fraction of sp³-hybridized carbons (Fsp3) is 0.889. The number of aliphatic hydroxyl groups is 1. The number of ether oxygens (including phenoxy) is 3. The third-order valence-corrected chi connectivity index (χ3v) is 5.96. The third-order valence-electron chi connectivity index (χ3n) is 5.96. The summed E-state index contributed by atoms with van der Waals surface area (Å²) in [6.45, 7) is 0. The van der Waals surface area contributed by atoms with Gasteiger partial charge >= 0.3 is 12.3 Å². The number of hydrogen-bond acceptors (Lipinski definition) is 6. The number of carboxylic acid groups (broad SMARTS) is 1. The lowest BCUT2D eigenvalue weighted by atomic mass is 9.68. The van der Waals surface area contributed by atoms with Gasteiger partial charge in [0.1, 0.15) is 18.3 Å². The van der Waals surface area contributed by atoms with Crippen LogP contribution in [0.1, 0.15) is 64.2 Å². The Morgan fingerprint density at radius 3 is 1.84 bits per heavy atom. The summed E-state index contributed by atoms with van der Waals surface area (Å²) in [7, 11) is 0. The maximum Gasteiger partial charge on any atom is 0.508 e. The first kappa shape index (κ1) is 18.3. The van der Waals surface area contributed by atoms with Gasteiger partial charge in [0.25, 0.3) is 0 Å². The van der Waals surface area contributed by atoms with Crippen LogP contribution >= 0.6 is 0 Å². The maximum atomic E-state index is 12.2. The van der Waals surface area contributed by atoms with Crippen LogP contribution in [-0.2, 0) is 14.2 Å². The van der Waals surface area contributed by atoms with E-state index in [1.807, 2.05) is 0 Å². The third kappa shape index (κ3) is 4.77. The van der Waals surface area contributed by atoms with Crippen molar-refractivity contribution in [1.29, 1.82) is 0 Å². The molecule has 0 heterocycles. The summed E-state index contributed by atoms with van der Waals surface area (Å²) < 4.78 is 16.1. The van der Waals surface area contributed by atoms with Crippen molar-refractivity contribution in [3.63, 3.8) is 0 Å². The zero-order valence-electron chi connectivity index (χ0n) is 14.5. The van der Waals surface area contributed by atoms with Gasteiger partial charge in [0, 0.05) is 11.8 Å². The van der Waals surface area contributed by atoms with Crippen LogP contribution in [0.2, 0.25) is 0 Å². The van der Waals surface area contributed by atoms with Crippen molar-refractivity contribution in [1.82, 2.24) is 0 Å². The standard InChI is InChI=1S/C18H28O7/c19-11-7-9-12(10-8-11)23-18(22)25-16-6-2-3-13-14(16)4-1-5-15(13)24-17(20)21/h11-16,19H,1-10H2,(H,20,21). The Labute approximate surface area is 147 Å². The molecule has 3 aliphatic rings. The van der Waals surface area contributed by atoms with E-state index < -0.39 is 12.3 Å². The van der Waals surface area contributed by atoms with Gasteiger partial charge in [-0.15, -0.1) is 0 Å². The molecule has 142 valence electrons. The predicted molar refractivity (Wildman–Crippen MR) is 87.2 cm³/mol. The molecular weight excluding hydrogens is 328 g/mol. The summed E-state index contributed by atoms with van der Waals surface area (Å²) >= 11 is 0. The SMILES string of the molecule is O=C(O)OC1CCCC2C(OC(=O)OC3CCC(O)CC3)CCCC12. The normalized spacial score (nSPS) is 38.3. The molecule has 0 bridgehead atoms. The molecule has 0 aromatic rings. The Bertz CT molecular complexity index is 472. The lowest BCUT2D eigenvalue weighted by Gasteiger charge is -2.43. The maximum absolute atomic E-state index is 12.2. The van der Waals surface area contributed by atoms with Gasteiger partial charge in [0.2, 0.25) is 0 Å². The minimum atomic E-state index is -1.23. The Morgan fingerprint density at radius 2 is 1.28 bits per heavy atom. The smallest absolute Gasteiger partial charge is 0.450 e. The van der Waals surface area contributed by atoms with Crippen molar-refractivity contribution in [2.75, 3.05) is 0 Å². The van der Waals surface area contributed by atoms with Gasteiger partial charge in [-0.25, -0.2) is 9.59 Å². The van der Waals surface area contributed by atoms with Crippen LogP contribution in [0.5, 0.6) is 0 Å². The van der Waals surface area contributed by atoms with Gasteiger partial charge < -0.3 is 24.4 Å². The summed E-state index contributed by atoms with van der Waals surface area (Å²) in [6, 6.07) is 0. The highest BCUT2D eigenvalue weighted by Gasteiger charge is 2.43. The van der Waals surface area contributed by atoms with Gasteiger partial charge in [0.05, 0.1) is 6.10 Å². The van der Waals surface area contributed by atoms with Crippen LogP contribution in [-0.4, -0.2) is 46.9 Å². The first-order valence-electron chi connectivity index (χ1n) is 9.48. The van der Waals surface area contributed by atoms with Gasteiger partial charge in [-0.05, 0) is 64.2 Å². The minimum Gasteiger partial charge on any atom is -0.450 e. The van der Waals surface area contributed by atoms with E-state index in [1.165, 1.54) is 0 Å². The average molecular weight is 356 g/mol. The quantitative estimate of drug-likeness (QED) is 0.746. The molecule has 3 aliphatic carbocycles. The molecule has 4 unspecified atom stereocenters. The van der Waals surface area contributed by atoms with Gasteiger partial charge in [0.15, 0.2) is 0 Å². The number of aliphatic hydroxyl groups excluding tert-OH is 1. The lowest BCUT2D eigenvalue weighted by molar-refractivity contribution is -0.0912. The van der Waals surface area contributed by atoms with Gasteiger partial charge in [-0.3, -0.25) is 0 Å². The van der Waals surface area contributed by atoms with E-state index in [9.17, 15) is 14.7 Å². The molecule has 4 atom stereocenters. The second-order valence-corrected chi connectivity index (χ2v) is 7.57.